The number of hydrogen-bond donors (Lipinski definition) is 1. The number of benzene rings is 1. The summed E-state index contributed by atoms with van der Waals surface area (Å²) in [7, 11) is 0. The van der Waals surface area contributed by atoms with Gasteiger partial charge in [0, 0.05) is 14.6 Å². The number of aliphatic hydroxyl groups is 1. The van der Waals surface area contributed by atoms with E-state index in [-0.39, 0.29) is 6.10 Å². The molecule has 1 aromatic carbocycles. The summed E-state index contributed by atoms with van der Waals surface area (Å²) in [4.78, 5) is 0. The quantitative estimate of drug-likeness (QED) is 0.885. The maximum Gasteiger partial charge on any atom is 0.0552 e. The number of thiophene rings is 1. The third kappa shape index (κ3) is 1.85. The summed E-state index contributed by atoms with van der Waals surface area (Å²) in [6.45, 7) is 1.82. The van der Waals surface area contributed by atoms with Crippen LogP contribution in [0, 0.1) is 0 Å². The Morgan fingerprint density at radius 1 is 1.50 bits per heavy atom. The van der Waals surface area contributed by atoms with Crippen molar-refractivity contribution in [2.75, 3.05) is 0 Å². The fraction of sp³-hybridized carbons (Fsp3) is 0.273. The monoisotopic (exact) mass is 270 g/mol. The molecule has 3 heteroatoms. The average Bonchev–Trinajstić information content (AvgIpc) is 2.49. The predicted molar refractivity (Wildman–Crippen MR) is 64.9 cm³/mol. The Morgan fingerprint density at radius 2 is 2.29 bits per heavy atom. The summed E-state index contributed by atoms with van der Waals surface area (Å²) in [6.07, 6.45) is 0.447. The van der Waals surface area contributed by atoms with Crippen LogP contribution in [-0.2, 0) is 6.42 Å². The lowest BCUT2D eigenvalue weighted by Crippen LogP contribution is -2.03. The second kappa shape index (κ2) is 4.01. The zero-order chi connectivity index (χ0) is 10.1. The van der Waals surface area contributed by atoms with Gasteiger partial charge in [0.25, 0.3) is 0 Å². The first-order chi connectivity index (χ1) is 6.68. The summed E-state index contributed by atoms with van der Waals surface area (Å²) < 4.78 is 2.39. The highest BCUT2D eigenvalue weighted by molar-refractivity contribution is 9.10. The van der Waals surface area contributed by atoms with Crippen LogP contribution in [0.15, 0.2) is 28.1 Å². The Morgan fingerprint density at radius 3 is 3.00 bits per heavy atom. The molecule has 0 saturated carbocycles. The lowest BCUT2D eigenvalue weighted by atomic mass is 10.1. The van der Waals surface area contributed by atoms with Crippen molar-refractivity contribution >= 4 is 37.4 Å². The van der Waals surface area contributed by atoms with Crippen LogP contribution in [0.5, 0.6) is 0 Å². The topological polar surface area (TPSA) is 20.2 Å². The van der Waals surface area contributed by atoms with Crippen LogP contribution >= 0.6 is 27.3 Å². The van der Waals surface area contributed by atoms with Crippen molar-refractivity contribution in [2.45, 2.75) is 19.4 Å². The van der Waals surface area contributed by atoms with Gasteiger partial charge in [-0.1, -0.05) is 22.0 Å². The van der Waals surface area contributed by atoms with Crippen LogP contribution in [0.25, 0.3) is 10.1 Å². The molecule has 1 heterocycles. The Hall–Kier alpha value is -0.380. The Labute approximate surface area is 95.5 Å². The zero-order valence-corrected chi connectivity index (χ0v) is 10.2. The fourth-order valence-electron chi connectivity index (χ4n) is 1.58. The van der Waals surface area contributed by atoms with E-state index in [2.05, 4.69) is 27.4 Å². The van der Waals surface area contributed by atoms with E-state index in [0.717, 1.165) is 10.9 Å². The van der Waals surface area contributed by atoms with Gasteiger partial charge in [0.05, 0.1) is 6.10 Å². The van der Waals surface area contributed by atoms with E-state index in [1.807, 2.05) is 19.1 Å². The van der Waals surface area contributed by atoms with Crippen LogP contribution in [-0.4, -0.2) is 11.2 Å². The van der Waals surface area contributed by atoms with Crippen molar-refractivity contribution in [3.8, 4) is 0 Å². The van der Waals surface area contributed by atoms with E-state index in [9.17, 15) is 5.11 Å². The van der Waals surface area contributed by atoms with Gasteiger partial charge in [0.1, 0.15) is 0 Å². The normalized spacial score (nSPS) is 13.4. The molecule has 0 bridgehead atoms. The maximum atomic E-state index is 9.36. The summed E-state index contributed by atoms with van der Waals surface area (Å²) in [5.41, 5.74) is 1.23. The molecule has 1 aromatic heterocycles. The largest absolute Gasteiger partial charge is 0.393 e. The average molecular weight is 271 g/mol. The number of halogens is 1. The maximum absolute atomic E-state index is 9.36. The van der Waals surface area contributed by atoms with Gasteiger partial charge in [-0.05, 0) is 36.4 Å². The van der Waals surface area contributed by atoms with Gasteiger partial charge < -0.3 is 5.11 Å². The van der Waals surface area contributed by atoms with Gasteiger partial charge in [-0.25, -0.2) is 0 Å². The molecule has 2 aromatic rings. The van der Waals surface area contributed by atoms with E-state index < -0.39 is 0 Å². The first kappa shape index (κ1) is 10.1. The summed E-state index contributed by atoms with van der Waals surface area (Å²) in [5, 5.41) is 12.7. The van der Waals surface area contributed by atoms with E-state index in [0.29, 0.717) is 0 Å². The highest BCUT2D eigenvalue weighted by Gasteiger charge is 2.08. The molecule has 1 atom stereocenters. The SMILES string of the molecule is CC(O)Cc1csc2cccc(Br)c12. The molecule has 1 unspecified atom stereocenters. The molecule has 1 N–H and O–H groups in total. The molecule has 0 aliphatic rings. The van der Waals surface area contributed by atoms with E-state index in [1.165, 1.54) is 15.6 Å². The van der Waals surface area contributed by atoms with E-state index >= 15 is 0 Å². The van der Waals surface area contributed by atoms with Crippen molar-refractivity contribution < 1.29 is 5.11 Å². The highest BCUT2D eigenvalue weighted by Crippen LogP contribution is 2.32. The Kier molecular flexibility index (Phi) is 2.91. The lowest BCUT2D eigenvalue weighted by Gasteiger charge is -2.03. The molecule has 74 valence electrons. The molecule has 0 spiro atoms. The van der Waals surface area contributed by atoms with Gasteiger partial charge in [-0.15, -0.1) is 11.3 Å². The molecule has 0 amide bonds. The van der Waals surface area contributed by atoms with Gasteiger partial charge >= 0.3 is 0 Å². The Bertz CT molecular complexity index is 447. The molecule has 0 aliphatic heterocycles. The lowest BCUT2D eigenvalue weighted by molar-refractivity contribution is 0.196. The predicted octanol–water partition coefficient (Wildman–Crippen LogP) is 3.59. The first-order valence-electron chi connectivity index (χ1n) is 4.51. The molecule has 2 rings (SSSR count). The van der Waals surface area contributed by atoms with Gasteiger partial charge in [-0.2, -0.15) is 0 Å². The van der Waals surface area contributed by atoms with Crippen molar-refractivity contribution in [2.24, 2.45) is 0 Å². The van der Waals surface area contributed by atoms with E-state index in [1.54, 1.807) is 11.3 Å². The van der Waals surface area contributed by atoms with Crippen LogP contribution in [0.1, 0.15) is 12.5 Å². The van der Waals surface area contributed by atoms with Crippen LogP contribution in [0.4, 0.5) is 0 Å². The summed E-state index contributed by atoms with van der Waals surface area (Å²) >= 11 is 5.27. The molecule has 0 aliphatic carbocycles. The molecule has 0 fully saturated rings. The second-order valence-corrected chi connectivity index (χ2v) is 5.19. The number of hydrogen-bond acceptors (Lipinski definition) is 2. The molecule has 0 saturated heterocycles. The van der Waals surface area contributed by atoms with Gasteiger partial charge in [0.2, 0.25) is 0 Å². The third-order valence-electron chi connectivity index (χ3n) is 2.14. The van der Waals surface area contributed by atoms with Crippen molar-refractivity contribution in [3.63, 3.8) is 0 Å². The minimum absolute atomic E-state index is 0.278. The number of rotatable bonds is 2. The smallest absolute Gasteiger partial charge is 0.0552 e. The van der Waals surface area contributed by atoms with E-state index in [4.69, 9.17) is 0 Å². The zero-order valence-electron chi connectivity index (χ0n) is 7.83. The standard InChI is InChI=1S/C11H11BrOS/c1-7(13)5-8-6-14-10-4-2-3-9(12)11(8)10/h2-4,6-7,13H,5H2,1H3. The number of fused-ring (bicyclic) bond motifs is 1. The summed E-state index contributed by atoms with van der Waals surface area (Å²) in [5.74, 6) is 0. The minimum atomic E-state index is -0.278. The van der Waals surface area contributed by atoms with Gasteiger partial charge in [0.15, 0.2) is 0 Å². The van der Waals surface area contributed by atoms with Crippen molar-refractivity contribution in [3.05, 3.63) is 33.6 Å². The van der Waals surface area contributed by atoms with Crippen LogP contribution < -0.4 is 0 Å². The highest BCUT2D eigenvalue weighted by atomic mass is 79.9. The van der Waals surface area contributed by atoms with Crippen LogP contribution in [0.2, 0.25) is 0 Å². The third-order valence-corrected chi connectivity index (χ3v) is 3.80. The van der Waals surface area contributed by atoms with Crippen molar-refractivity contribution in [1.29, 1.82) is 0 Å². The molecule has 1 nitrogen and oxygen atoms in total. The molecular weight excluding hydrogens is 260 g/mol. The van der Waals surface area contributed by atoms with Gasteiger partial charge in [-0.3, -0.25) is 0 Å². The summed E-state index contributed by atoms with van der Waals surface area (Å²) in [6, 6.07) is 6.19. The number of aliphatic hydroxyl groups excluding tert-OH is 1. The van der Waals surface area contributed by atoms with Crippen molar-refractivity contribution in [1.82, 2.24) is 0 Å². The first-order valence-corrected chi connectivity index (χ1v) is 6.18. The molecular formula is C11H11BrOS. The van der Waals surface area contributed by atoms with Crippen LogP contribution in [0.3, 0.4) is 0 Å². The minimum Gasteiger partial charge on any atom is -0.393 e. The second-order valence-electron chi connectivity index (χ2n) is 3.43. The molecule has 14 heavy (non-hydrogen) atoms. The Balaban J connectivity index is 2.55. The molecule has 0 radical (unpaired) electrons. The fourth-order valence-corrected chi connectivity index (χ4v) is 3.33.